The zero-order valence-electron chi connectivity index (χ0n) is 16.1. The van der Waals surface area contributed by atoms with Crippen molar-refractivity contribution in [1.82, 2.24) is 9.79 Å². The third-order valence-corrected chi connectivity index (χ3v) is 6.89. The topological polar surface area (TPSA) is 58.6 Å². The summed E-state index contributed by atoms with van der Waals surface area (Å²) in [6, 6.07) is 17.7. The zero-order chi connectivity index (χ0) is 19.4. The van der Waals surface area contributed by atoms with Crippen molar-refractivity contribution in [2.45, 2.75) is 37.5 Å². The van der Waals surface area contributed by atoms with Crippen LogP contribution in [0.5, 0.6) is 0 Å². The van der Waals surface area contributed by atoms with Crippen molar-refractivity contribution in [1.29, 1.82) is 0 Å². The number of hydrogen-bond donors (Lipinski definition) is 1. The van der Waals surface area contributed by atoms with Gasteiger partial charge in [-0.1, -0.05) is 68.4 Å². The Hall–Kier alpha value is -1.73. The van der Waals surface area contributed by atoms with Gasteiger partial charge in [0, 0.05) is 13.6 Å². The van der Waals surface area contributed by atoms with Crippen molar-refractivity contribution < 1.29 is 13.3 Å². The Morgan fingerprint density at radius 3 is 2.41 bits per heavy atom. The highest BCUT2D eigenvalue weighted by molar-refractivity contribution is 7.90. The summed E-state index contributed by atoms with van der Waals surface area (Å²) in [5, 5.41) is 1.02. The number of hydrogen-bond acceptors (Lipinski definition) is 4. The van der Waals surface area contributed by atoms with Crippen LogP contribution in [0.4, 0.5) is 0 Å². The van der Waals surface area contributed by atoms with E-state index in [1.54, 1.807) is 12.1 Å². The quantitative estimate of drug-likeness (QED) is 0.791. The van der Waals surface area contributed by atoms with Gasteiger partial charge >= 0.3 is 0 Å². The highest BCUT2D eigenvalue weighted by atomic mass is 32.2. The van der Waals surface area contributed by atoms with Gasteiger partial charge < -0.3 is 0 Å². The summed E-state index contributed by atoms with van der Waals surface area (Å²) in [4.78, 5) is 5.58. The second kappa shape index (κ2) is 8.52. The first-order chi connectivity index (χ1) is 12.9. The summed E-state index contributed by atoms with van der Waals surface area (Å²) in [6.45, 7) is 4.83. The van der Waals surface area contributed by atoms with Crippen molar-refractivity contribution in [2.75, 3.05) is 20.2 Å². The van der Waals surface area contributed by atoms with E-state index >= 15 is 0 Å². The first-order valence-corrected chi connectivity index (χ1v) is 10.9. The largest absolute Gasteiger partial charge is 0.297 e. The van der Waals surface area contributed by atoms with Gasteiger partial charge in [-0.25, -0.2) is 13.1 Å². The maximum Gasteiger partial charge on any atom is 0.218 e. The van der Waals surface area contributed by atoms with Gasteiger partial charge in [0.05, 0.1) is 12.6 Å². The lowest BCUT2D eigenvalue weighted by Crippen LogP contribution is -2.40. The number of rotatable bonds is 7. The summed E-state index contributed by atoms with van der Waals surface area (Å²) in [5.41, 5.74) is 3.30. The van der Waals surface area contributed by atoms with Crippen molar-refractivity contribution in [3.8, 4) is 0 Å². The van der Waals surface area contributed by atoms with E-state index in [1.807, 2.05) is 42.5 Å². The van der Waals surface area contributed by atoms with E-state index in [2.05, 4.69) is 30.7 Å². The Balaban J connectivity index is 1.71. The molecule has 0 amide bonds. The molecule has 0 saturated carbocycles. The van der Waals surface area contributed by atoms with E-state index in [-0.39, 0.29) is 12.6 Å². The molecule has 0 aromatic heterocycles. The van der Waals surface area contributed by atoms with E-state index < -0.39 is 15.3 Å². The summed E-state index contributed by atoms with van der Waals surface area (Å²) >= 11 is 0. The third-order valence-electron chi connectivity index (χ3n) is 5.09. The molecule has 2 atom stereocenters. The molecule has 1 aliphatic rings. The fourth-order valence-electron chi connectivity index (χ4n) is 3.45. The Morgan fingerprint density at radius 2 is 1.78 bits per heavy atom. The molecule has 1 N–H and O–H groups in total. The van der Waals surface area contributed by atoms with Crippen LogP contribution in [-0.2, 0) is 21.3 Å². The summed E-state index contributed by atoms with van der Waals surface area (Å²) in [7, 11) is -1.71. The maximum absolute atomic E-state index is 12.9. The van der Waals surface area contributed by atoms with Gasteiger partial charge in [-0.05, 0) is 29.0 Å². The van der Waals surface area contributed by atoms with Crippen LogP contribution in [0.15, 0.2) is 54.6 Å². The first kappa shape index (κ1) is 20.0. The van der Waals surface area contributed by atoms with Gasteiger partial charge in [0.25, 0.3) is 0 Å². The molecule has 3 rings (SSSR count). The van der Waals surface area contributed by atoms with Gasteiger partial charge in [-0.2, -0.15) is 5.06 Å². The molecule has 6 heteroatoms. The maximum atomic E-state index is 12.9. The van der Waals surface area contributed by atoms with E-state index in [4.69, 9.17) is 4.84 Å². The van der Waals surface area contributed by atoms with Crippen molar-refractivity contribution in [2.24, 2.45) is 0 Å². The molecular weight excluding hydrogens is 360 g/mol. The molecule has 27 heavy (non-hydrogen) atoms. The lowest BCUT2D eigenvalue weighted by atomic mass is 9.98. The summed E-state index contributed by atoms with van der Waals surface area (Å²) < 4.78 is 28.6. The van der Waals surface area contributed by atoms with Crippen LogP contribution in [0.1, 0.15) is 42.5 Å². The minimum absolute atomic E-state index is 0.160. The Kier molecular flexibility index (Phi) is 6.32. The molecule has 0 radical (unpaired) electrons. The van der Waals surface area contributed by atoms with E-state index in [9.17, 15) is 8.42 Å². The van der Waals surface area contributed by atoms with Gasteiger partial charge in [-0.15, -0.1) is 0 Å². The van der Waals surface area contributed by atoms with Crippen molar-refractivity contribution in [3.05, 3.63) is 71.3 Å². The van der Waals surface area contributed by atoms with Gasteiger partial charge in [0.2, 0.25) is 10.0 Å². The second-order valence-corrected chi connectivity index (χ2v) is 9.31. The van der Waals surface area contributed by atoms with Crippen LogP contribution in [-0.4, -0.2) is 38.9 Å². The lowest BCUT2D eigenvalue weighted by molar-refractivity contribution is -0.110. The molecule has 0 unspecified atom stereocenters. The zero-order valence-corrected chi connectivity index (χ0v) is 16.9. The van der Waals surface area contributed by atoms with Crippen LogP contribution < -0.4 is 4.72 Å². The SMILES string of the molecule is CC(C)c1ccc([C@H]2[C@@H](S(=O)(=O)NCCc3ccccc3)CON2C)cc1. The Labute approximate surface area is 162 Å². The number of hydroxylamine groups is 2. The third kappa shape index (κ3) is 4.76. The number of benzene rings is 2. The number of nitrogens with one attached hydrogen (secondary N) is 1. The van der Waals surface area contributed by atoms with Crippen LogP contribution in [0.25, 0.3) is 0 Å². The summed E-state index contributed by atoms with van der Waals surface area (Å²) in [6.07, 6.45) is 0.664. The van der Waals surface area contributed by atoms with Crippen molar-refractivity contribution >= 4 is 10.0 Å². The van der Waals surface area contributed by atoms with Crippen LogP contribution in [0.3, 0.4) is 0 Å². The van der Waals surface area contributed by atoms with Crippen LogP contribution in [0.2, 0.25) is 0 Å². The average molecular weight is 389 g/mol. The van der Waals surface area contributed by atoms with Gasteiger partial charge in [0.15, 0.2) is 0 Å². The fourth-order valence-corrected chi connectivity index (χ4v) is 4.96. The molecule has 1 heterocycles. The Bertz CT molecular complexity index is 835. The number of sulfonamides is 1. The monoisotopic (exact) mass is 388 g/mol. The van der Waals surface area contributed by atoms with E-state index in [0.717, 1.165) is 11.1 Å². The predicted octanol–water partition coefficient (Wildman–Crippen LogP) is 3.26. The molecule has 1 fully saturated rings. The molecule has 0 spiro atoms. The van der Waals surface area contributed by atoms with Crippen LogP contribution >= 0.6 is 0 Å². The Morgan fingerprint density at radius 1 is 1.11 bits per heavy atom. The standard InChI is InChI=1S/C21H28N2O3S/c1-16(2)18-9-11-19(12-10-18)21-20(15-26-23(21)3)27(24,25)22-14-13-17-7-5-4-6-8-17/h4-12,16,20-22H,13-15H2,1-3H3/t20-,21-/m0/s1. The molecule has 2 aromatic rings. The molecule has 0 bridgehead atoms. The smallest absolute Gasteiger partial charge is 0.218 e. The fraction of sp³-hybridized carbons (Fsp3) is 0.429. The molecule has 1 aliphatic heterocycles. The molecule has 146 valence electrons. The highest BCUT2D eigenvalue weighted by Gasteiger charge is 2.42. The molecule has 0 aliphatic carbocycles. The predicted molar refractivity (Wildman–Crippen MR) is 108 cm³/mol. The molecule has 2 aromatic carbocycles. The van der Waals surface area contributed by atoms with Crippen LogP contribution in [0, 0.1) is 0 Å². The molecular formula is C21H28N2O3S. The normalized spacial score (nSPS) is 21.0. The van der Waals surface area contributed by atoms with Gasteiger partial charge in [0.1, 0.15) is 5.25 Å². The number of nitrogens with zero attached hydrogens (tertiary/aromatic N) is 1. The van der Waals surface area contributed by atoms with E-state index in [0.29, 0.717) is 18.9 Å². The molecule has 5 nitrogen and oxygen atoms in total. The second-order valence-electron chi connectivity index (χ2n) is 7.32. The highest BCUT2D eigenvalue weighted by Crippen LogP contribution is 2.33. The van der Waals surface area contributed by atoms with Gasteiger partial charge in [-0.3, -0.25) is 4.84 Å². The molecule has 1 saturated heterocycles. The van der Waals surface area contributed by atoms with Crippen molar-refractivity contribution in [3.63, 3.8) is 0 Å². The average Bonchev–Trinajstić information content (AvgIpc) is 3.05. The van der Waals surface area contributed by atoms with E-state index in [1.165, 1.54) is 5.56 Å². The minimum Gasteiger partial charge on any atom is -0.297 e. The first-order valence-electron chi connectivity index (χ1n) is 9.36. The lowest BCUT2D eigenvalue weighted by Gasteiger charge is -2.23. The summed E-state index contributed by atoms with van der Waals surface area (Å²) in [5.74, 6) is 0.441. The minimum atomic E-state index is -3.50.